The Hall–Kier alpha value is -0.690. The number of hydrogen-bond donors (Lipinski definition) is 3. The molecule has 1 saturated heterocycles. The lowest BCUT2D eigenvalue weighted by Crippen LogP contribution is -2.39. The molecule has 0 amide bonds. The van der Waals surface area contributed by atoms with Crippen LogP contribution >= 0.6 is 0 Å². The molecule has 0 spiro atoms. The van der Waals surface area contributed by atoms with E-state index in [4.69, 9.17) is 4.74 Å². The van der Waals surface area contributed by atoms with Gasteiger partial charge in [0.2, 0.25) is 0 Å². The number of methoxy groups -OCH3 is 1. The third-order valence-corrected chi connectivity index (χ3v) is 2.58. The lowest BCUT2D eigenvalue weighted by Gasteiger charge is -2.23. The molecule has 2 atom stereocenters. The number of ether oxygens (including phenoxy) is 2. The summed E-state index contributed by atoms with van der Waals surface area (Å²) in [5.74, 6) is -0.380. The molecule has 0 saturated carbocycles. The number of rotatable bonds is 6. The molecule has 94 valence electrons. The summed E-state index contributed by atoms with van der Waals surface area (Å²) in [6.07, 6.45) is 0.0961. The van der Waals surface area contributed by atoms with Crippen molar-refractivity contribution in [1.29, 1.82) is 0 Å². The van der Waals surface area contributed by atoms with E-state index in [9.17, 15) is 15.0 Å². The van der Waals surface area contributed by atoms with Crippen LogP contribution in [-0.2, 0) is 14.3 Å². The molecule has 1 fully saturated rings. The van der Waals surface area contributed by atoms with Crippen LogP contribution in [0.5, 0.6) is 0 Å². The Balaban J connectivity index is 2.15. The topological polar surface area (TPSA) is 88.0 Å². The van der Waals surface area contributed by atoms with Crippen molar-refractivity contribution in [2.45, 2.75) is 24.5 Å². The highest BCUT2D eigenvalue weighted by Gasteiger charge is 2.34. The van der Waals surface area contributed by atoms with Gasteiger partial charge in [0.15, 0.2) is 0 Å². The lowest BCUT2D eigenvalue weighted by molar-refractivity contribution is -0.139. The molecule has 0 aromatic carbocycles. The van der Waals surface area contributed by atoms with Crippen molar-refractivity contribution in [3.63, 3.8) is 0 Å². The molecule has 16 heavy (non-hydrogen) atoms. The van der Waals surface area contributed by atoms with Gasteiger partial charge in [-0.3, -0.25) is 4.79 Å². The predicted molar refractivity (Wildman–Crippen MR) is 55.9 cm³/mol. The van der Waals surface area contributed by atoms with E-state index in [1.54, 1.807) is 0 Å². The summed E-state index contributed by atoms with van der Waals surface area (Å²) in [7, 11) is 1.30. The molecule has 1 rings (SSSR count). The maximum Gasteiger partial charge on any atom is 0.319 e. The highest BCUT2D eigenvalue weighted by Crippen LogP contribution is 2.23. The minimum atomic E-state index is -0.924. The molecular formula is C10H19NO5. The zero-order chi connectivity index (χ0) is 12.0. The first kappa shape index (κ1) is 13.4. The second kappa shape index (κ2) is 6.15. The number of nitrogens with one attached hydrogen (secondary N) is 1. The SMILES string of the molecule is COC(=O)CNCC(O)CC1(O)CCOC1. The Labute approximate surface area is 94.5 Å². The third-order valence-electron chi connectivity index (χ3n) is 2.58. The molecule has 6 nitrogen and oxygen atoms in total. The molecule has 6 heteroatoms. The van der Waals surface area contributed by atoms with E-state index in [1.807, 2.05) is 0 Å². The Kier molecular flexibility index (Phi) is 5.14. The molecule has 0 aliphatic carbocycles. The van der Waals surface area contributed by atoms with Crippen LogP contribution in [0.25, 0.3) is 0 Å². The normalized spacial score (nSPS) is 26.7. The zero-order valence-electron chi connectivity index (χ0n) is 9.44. The predicted octanol–water partition coefficient (Wildman–Crippen LogP) is -1.35. The Morgan fingerprint density at radius 2 is 2.44 bits per heavy atom. The van der Waals surface area contributed by atoms with Crippen LogP contribution in [0.3, 0.4) is 0 Å². The molecule has 0 aromatic rings. The van der Waals surface area contributed by atoms with E-state index < -0.39 is 11.7 Å². The average Bonchev–Trinajstić information content (AvgIpc) is 2.64. The number of aliphatic hydroxyl groups is 2. The van der Waals surface area contributed by atoms with Crippen LogP contribution < -0.4 is 5.32 Å². The molecule has 0 aromatic heterocycles. The number of carbonyl (C=O) groups is 1. The van der Waals surface area contributed by atoms with E-state index in [0.717, 1.165) is 0 Å². The Morgan fingerprint density at radius 1 is 1.69 bits per heavy atom. The summed E-state index contributed by atoms with van der Waals surface area (Å²) in [6.45, 7) is 1.10. The average molecular weight is 233 g/mol. The van der Waals surface area contributed by atoms with Gasteiger partial charge in [0.1, 0.15) is 0 Å². The minimum Gasteiger partial charge on any atom is -0.468 e. The van der Waals surface area contributed by atoms with Crippen molar-refractivity contribution in [1.82, 2.24) is 5.32 Å². The van der Waals surface area contributed by atoms with E-state index in [-0.39, 0.29) is 32.1 Å². The fourth-order valence-electron chi connectivity index (χ4n) is 1.68. The Morgan fingerprint density at radius 3 is 3.00 bits per heavy atom. The highest BCUT2D eigenvalue weighted by atomic mass is 16.5. The van der Waals surface area contributed by atoms with Gasteiger partial charge in [-0.2, -0.15) is 0 Å². The molecule has 2 unspecified atom stereocenters. The summed E-state index contributed by atoms with van der Waals surface area (Å²) in [5.41, 5.74) is -0.924. The summed E-state index contributed by atoms with van der Waals surface area (Å²) < 4.78 is 9.50. The molecule has 0 radical (unpaired) electrons. The smallest absolute Gasteiger partial charge is 0.319 e. The summed E-state index contributed by atoms with van der Waals surface area (Å²) in [5, 5.41) is 22.3. The Bertz CT molecular complexity index is 227. The standard InChI is InChI=1S/C10H19NO5/c1-15-9(13)6-11-5-8(12)4-10(14)2-3-16-7-10/h8,11-12,14H,2-7H2,1H3. The number of esters is 1. The zero-order valence-corrected chi connectivity index (χ0v) is 9.44. The summed E-state index contributed by atoms with van der Waals surface area (Å²) >= 11 is 0. The molecule has 0 bridgehead atoms. The van der Waals surface area contributed by atoms with Gasteiger partial charge in [-0.15, -0.1) is 0 Å². The van der Waals surface area contributed by atoms with Crippen LogP contribution in [0, 0.1) is 0 Å². The van der Waals surface area contributed by atoms with Gasteiger partial charge < -0.3 is 25.0 Å². The number of carbonyl (C=O) groups excluding carboxylic acids is 1. The van der Waals surface area contributed by atoms with Crippen LogP contribution in [0.15, 0.2) is 0 Å². The molecule has 1 heterocycles. The van der Waals surface area contributed by atoms with Gasteiger partial charge >= 0.3 is 5.97 Å². The largest absolute Gasteiger partial charge is 0.468 e. The quantitative estimate of drug-likeness (QED) is 0.492. The first-order valence-corrected chi connectivity index (χ1v) is 5.31. The summed E-state index contributed by atoms with van der Waals surface area (Å²) in [6, 6.07) is 0. The first-order valence-electron chi connectivity index (χ1n) is 5.31. The van der Waals surface area contributed by atoms with Gasteiger partial charge in [-0.25, -0.2) is 0 Å². The maximum atomic E-state index is 10.8. The second-order valence-electron chi connectivity index (χ2n) is 4.09. The number of aliphatic hydroxyl groups excluding tert-OH is 1. The van der Waals surface area contributed by atoms with Gasteiger partial charge in [0, 0.05) is 26.0 Å². The highest BCUT2D eigenvalue weighted by molar-refractivity contribution is 5.71. The van der Waals surface area contributed by atoms with Gasteiger partial charge in [-0.05, 0) is 0 Å². The first-order chi connectivity index (χ1) is 7.56. The van der Waals surface area contributed by atoms with Crippen molar-refractivity contribution in [2.24, 2.45) is 0 Å². The monoisotopic (exact) mass is 233 g/mol. The molecular weight excluding hydrogens is 214 g/mol. The molecule has 1 aliphatic heterocycles. The maximum absolute atomic E-state index is 10.8. The number of hydrogen-bond acceptors (Lipinski definition) is 6. The minimum absolute atomic E-state index is 0.0580. The fourth-order valence-corrected chi connectivity index (χ4v) is 1.68. The lowest BCUT2D eigenvalue weighted by atomic mass is 9.95. The molecule has 3 N–H and O–H groups in total. The van der Waals surface area contributed by atoms with Crippen molar-refractivity contribution >= 4 is 5.97 Å². The van der Waals surface area contributed by atoms with Crippen LogP contribution in [0.2, 0.25) is 0 Å². The fraction of sp³-hybridized carbons (Fsp3) is 0.900. The van der Waals surface area contributed by atoms with Crippen molar-refractivity contribution in [2.75, 3.05) is 33.4 Å². The summed E-state index contributed by atoms with van der Waals surface area (Å²) in [4.78, 5) is 10.8. The van der Waals surface area contributed by atoms with E-state index >= 15 is 0 Å². The third kappa shape index (κ3) is 4.44. The molecule has 1 aliphatic rings. The van der Waals surface area contributed by atoms with Crippen molar-refractivity contribution < 1.29 is 24.5 Å². The van der Waals surface area contributed by atoms with Crippen LogP contribution in [0.1, 0.15) is 12.8 Å². The van der Waals surface area contributed by atoms with E-state index in [2.05, 4.69) is 10.1 Å². The van der Waals surface area contributed by atoms with E-state index in [1.165, 1.54) is 7.11 Å². The van der Waals surface area contributed by atoms with Gasteiger partial charge in [0.25, 0.3) is 0 Å². The second-order valence-corrected chi connectivity index (χ2v) is 4.09. The van der Waals surface area contributed by atoms with Crippen LogP contribution in [-0.4, -0.2) is 61.3 Å². The van der Waals surface area contributed by atoms with Crippen LogP contribution in [0.4, 0.5) is 0 Å². The van der Waals surface area contributed by atoms with Gasteiger partial charge in [0.05, 0.1) is 32.0 Å². The van der Waals surface area contributed by atoms with E-state index in [0.29, 0.717) is 13.0 Å². The van der Waals surface area contributed by atoms with Crippen molar-refractivity contribution in [3.05, 3.63) is 0 Å². The van der Waals surface area contributed by atoms with Gasteiger partial charge in [-0.1, -0.05) is 0 Å². The van der Waals surface area contributed by atoms with Crippen molar-refractivity contribution in [3.8, 4) is 0 Å².